The minimum atomic E-state index is 0.279. The number of hydrogen-bond acceptors (Lipinski definition) is 5. The highest BCUT2D eigenvalue weighted by Crippen LogP contribution is 2.22. The van der Waals surface area contributed by atoms with Gasteiger partial charge in [0.05, 0.1) is 6.04 Å². The topological polar surface area (TPSA) is 60.2 Å². The van der Waals surface area contributed by atoms with Crippen LogP contribution in [0.4, 0.5) is 0 Å². The zero-order valence-electron chi connectivity index (χ0n) is 9.32. The molecule has 1 aromatic heterocycles. The Labute approximate surface area is 94.6 Å². The van der Waals surface area contributed by atoms with Gasteiger partial charge < -0.3 is 14.6 Å². The maximum Gasteiger partial charge on any atom is 0.243 e. The molecule has 0 aromatic carbocycles. The fraction of sp³-hybridized carbons (Fsp3) is 0.818. The molecule has 5 heteroatoms. The van der Waals surface area contributed by atoms with Gasteiger partial charge >= 0.3 is 0 Å². The van der Waals surface area contributed by atoms with Gasteiger partial charge in [0, 0.05) is 19.6 Å². The van der Waals surface area contributed by atoms with Crippen LogP contribution in [0.15, 0.2) is 4.52 Å². The van der Waals surface area contributed by atoms with Crippen LogP contribution in [0.2, 0.25) is 0 Å². The molecular weight excluding hydrogens is 206 g/mol. The second-order valence-corrected chi connectivity index (χ2v) is 4.63. The van der Waals surface area contributed by atoms with Crippen LogP contribution in [0.3, 0.4) is 0 Å². The van der Waals surface area contributed by atoms with Crippen molar-refractivity contribution in [1.29, 1.82) is 0 Å². The molecule has 5 nitrogen and oxygen atoms in total. The first kappa shape index (κ1) is 10.2. The van der Waals surface area contributed by atoms with Gasteiger partial charge in [-0.1, -0.05) is 5.16 Å². The molecule has 3 heterocycles. The molecule has 16 heavy (non-hydrogen) atoms. The zero-order valence-corrected chi connectivity index (χ0v) is 9.32. The van der Waals surface area contributed by atoms with Crippen LogP contribution in [0.25, 0.3) is 0 Å². The molecule has 1 unspecified atom stereocenters. The molecule has 2 fully saturated rings. The average Bonchev–Trinajstić information content (AvgIpc) is 2.99. The number of hydrogen-bond donors (Lipinski definition) is 1. The van der Waals surface area contributed by atoms with E-state index in [1.807, 2.05) is 0 Å². The Morgan fingerprint density at radius 2 is 2.38 bits per heavy atom. The molecule has 0 amide bonds. The van der Waals surface area contributed by atoms with Gasteiger partial charge in [0.2, 0.25) is 5.89 Å². The van der Waals surface area contributed by atoms with Crippen molar-refractivity contribution in [2.45, 2.75) is 31.7 Å². The highest BCUT2D eigenvalue weighted by molar-refractivity contribution is 4.96. The van der Waals surface area contributed by atoms with Crippen molar-refractivity contribution >= 4 is 0 Å². The van der Waals surface area contributed by atoms with Crippen molar-refractivity contribution in [3.63, 3.8) is 0 Å². The second kappa shape index (κ2) is 4.51. The standard InChI is InChI=1S/C11H17N3O2/c1-2-9(12-4-1)11-13-10(14-16-11)6-8-3-5-15-7-8/h8-9,12H,1-7H2/t8?,9-/m1/s1. The van der Waals surface area contributed by atoms with Crippen molar-refractivity contribution in [3.05, 3.63) is 11.7 Å². The van der Waals surface area contributed by atoms with Crippen molar-refractivity contribution in [2.75, 3.05) is 19.8 Å². The van der Waals surface area contributed by atoms with E-state index in [0.717, 1.165) is 50.7 Å². The van der Waals surface area contributed by atoms with Crippen molar-refractivity contribution in [3.8, 4) is 0 Å². The Kier molecular flexibility index (Phi) is 2.88. The lowest BCUT2D eigenvalue weighted by molar-refractivity contribution is 0.185. The van der Waals surface area contributed by atoms with E-state index in [-0.39, 0.29) is 6.04 Å². The lowest BCUT2D eigenvalue weighted by Crippen LogP contribution is -2.13. The van der Waals surface area contributed by atoms with Crippen LogP contribution in [0, 0.1) is 5.92 Å². The van der Waals surface area contributed by atoms with Gasteiger partial charge in [-0.05, 0) is 31.7 Å². The molecule has 2 aliphatic rings. The molecular formula is C11H17N3O2. The van der Waals surface area contributed by atoms with Crippen LogP contribution < -0.4 is 5.32 Å². The van der Waals surface area contributed by atoms with Gasteiger partial charge in [-0.3, -0.25) is 0 Å². The molecule has 88 valence electrons. The van der Waals surface area contributed by atoms with E-state index in [1.54, 1.807) is 0 Å². The van der Waals surface area contributed by atoms with Gasteiger partial charge in [0.15, 0.2) is 5.82 Å². The summed E-state index contributed by atoms with van der Waals surface area (Å²) < 4.78 is 10.6. The third kappa shape index (κ3) is 2.10. The Bertz CT molecular complexity index is 341. The summed E-state index contributed by atoms with van der Waals surface area (Å²) >= 11 is 0. The van der Waals surface area contributed by atoms with E-state index in [4.69, 9.17) is 9.26 Å². The average molecular weight is 223 g/mol. The normalized spacial score (nSPS) is 30.0. The highest BCUT2D eigenvalue weighted by Gasteiger charge is 2.24. The molecule has 2 aliphatic heterocycles. The summed E-state index contributed by atoms with van der Waals surface area (Å²) in [5.74, 6) is 2.16. The summed E-state index contributed by atoms with van der Waals surface area (Å²) in [6, 6.07) is 0.279. The third-order valence-electron chi connectivity index (χ3n) is 3.34. The number of rotatable bonds is 3. The Morgan fingerprint density at radius 1 is 1.38 bits per heavy atom. The first-order valence-corrected chi connectivity index (χ1v) is 6.05. The third-order valence-corrected chi connectivity index (χ3v) is 3.34. The number of ether oxygens (including phenoxy) is 1. The molecule has 3 rings (SSSR count). The van der Waals surface area contributed by atoms with Gasteiger partial charge in [-0.25, -0.2) is 0 Å². The van der Waals surface area contributed by atoms with Gasteiger partial charge in [-0.2, -0.15) is 4.98 Å². The summed E-state index contributed by atoms with van der Waals surface area (Å²) in [5, 5.41) is 7.40. The van der Waals surface area contributed by atoms with Gasteiger partial charge in [-0.15, -0.1) is 0 Å². The van der Waals surface area contributed by atoms with E-state index in [0.29, 0.717) is 5.92 Å². The molecule has 2 saturated heterocycles. The van der Waals surface area contributed by atoms with E-state index in [9.17, 15) is 0 Å². The SMILES string of the molecule is C1CN[C@@H](c2nc(CC3CCOC3)no2)C1. The molecule has 1 N–H and O–H groups in total. The fourth-order valence-electron chi connectivity index (χ4n) is 2.39. The Hall–Kier alpha value is -0.940. The van der Waals surface area contributed by atoms with Gasteiger partial charge in [0.1, 0.15) is 0 Å². The van der Waals surface area contributed by atoms with Crippen molar-refractivity contribution in [2.24, 2.45) is 5.92 Å². The summed E-state index contributed by atoms with van der Waals surface area (Å²) in [6.45, 7) is 2.77. The maximum absolute atomic E-state index is 5.34. The van der Waals surface area contributed by atoms with Crippen LogP contribution >= 0.6 is 0 Å². The molecule has 0 aliphatic carbocycles. The first-order chi connectivity index (χ1) is 7.92. The zero-order chi connectivity index (χ0) is 10.8. The summed E-state index contributed by atoms with van der Waals surface area (Å²) in [6.07, 6.45) is 4.30. The van der Waals surface area contributed by atoms with Crippen LogP contribution in [0.5, 0.6) is 0 Å². The number of nitrogens with zero attached hydrogens (tertiary/aromatic N) is 2. The van der Waals surface area contributed by atoms with Crippen LogP contribution in [0.1, 0.15) is 37.0 Å². The van der Waals surface area contributed by atoms with Crippen LogP contribution in [-0.4, -0.2) is 29.9 Å². The lowest BCUT2D eigenvalue weighted by atomic mass is 10.1. The second-order valence-electron chi connectivity index (χ2n) is 4.63. The summed E-state index contributed by atoms with van der Waals surface area (Å²) in [4.78, 5) is 4.46. The molecule has 0 saturated carbocycles. The minimum Gasteiger partial charge on any atom is -0.381 e. The predicted molar refractivity (Wildman–Crippen MR) is 56.9 cm³/mol. The smallest absolute Gasteiger partial charge is 0.243 e. The first-order valence-electron chi connectivity index (χ1n) is 6.05. The summed E-state index contributed by atoms with van der Waals surface area (Å²) in [7, 11) is 0. The lowest BCUT2D eigenvalue weighted by Gasteiger charge is -2.02. The van der Waals surface area contributed by atoms with Crippen molar-refractivity contribution < 1.29 is 9.26 Å². The predicted octanol–water partition coefficient (Wildman–Crippen LogP) is 1.07. The minimum absolute atomic E-state index is 0.279. The Balaban J connectivity index is 1.62. The molecule has 1 aromatic rings. The van der Waals surface area contributed by atoms with Crippen molar-refractivity contribution in [1.82, 2.24) is 15.5 Å². The monoisotopic (exact) mass is 223 g/mol. The van der Waals surface area contributed by atoms with Gasteiger partial charge in [0.25, 0.3) is 0 Å². The fourth-order valence-corrected chi connectivity index (χ4v) is 2.39. The van der Waals surface area contributed by atoms with E-state index in [2.05, 4.69) is 15.5 Å². The number of nitrogens with one attached hydrogen (secondary N) is 1. The largest absolute Gasteiger partial charge is 0.381 e. The number of aromatic nitrogens is 2. The van der Waals surface area contributed by atoms with E-state index < -0.39 is 0 Å². The highest BCUT2D eigenvalue weighted by atomic mass is 16.5. The molecule has 0 radical (unpaired) electrons. The molecule has 2 atom stereocenters. The van der Waals surface area contributed by atoms with Crippen LogP contribution in [-0.2, 0) is 11.2 Å². The Morgan fingerprint density at radius 3 is 3.12 bits per heavy atom. The van der Waals surface area contributed by atoms with E-state index in [1.165, 1.54) is 6.42 Å². The molecule has 0 bridgehead atoms. The molecule has 0 spiro atoms. The van der Waals surface area contributed by atoms with E-state index >= 15 is 0 Å². The maximum atomic E-state index is 5.34. The quantitative estimate of drug-likeness (QED) is 0.830. The summed E-state index contributed by atoms with van der Waals surface area (Å²) in [5.41, 5.74) is 0.